The fraction of sp³-hybridized carbons (Fsp3) is 0.0625. The number of nitriles is 1. The molecule has 0 saturated carbocycles. The fourth-order valence-electron chi connectivity index (χ4n) is 7.41. The Hall–Kier alpha value is -7.03. The van der Waals surface area contributed by atoms with Crippen LogP contribution in [0.4, 0.5) is 0 Å². The standard InChI is InChI=1S/C48H33N5/c1-48(2)42-24-31(30-49)19-21-40(42)41-22-20-35(29-43(41)48)37-26-38(44-18-9-10-23-50-44)28-39(27-37)47-52-45(33-14-7-4-8-15-33)51-46(53-47)36-17-11-16-34(25-36)32-12-5-3-6-13-32/h3-29H,1-2H3. The molecule has 8 aromatic rings. The van der Waals surface area contributed by atoms with Crippen molar-refractivity contribution in [2.75, 3.05) is 0 Å². The molecule has 53 heavy (non-hydrogen) atoms. The van der Waals surface area contributed by atoms with Crippen LogP contribution in [0.25, 0.3) is 78.8 Å². The second-order valence-corrected chi connectivity index (χ2v) is 13.9. The van der Waals surface area contributed by atoms with E-state index in [0.29, 0.717) is 23.0 Å². The molecule has 1 aliphatic rings. The van der Waals surface area contributed by atoms with Gasteiger partial charge in [0.1, 0.15) is 0 Å². The molecule has 9 rings (SSSR count). The third-order valence-electron chi connectivity index (χ3n) is 10.2. The van der Waals surface area contributed by atoms with Crippen molar-refractivity contribution in [2.45, 2.75) is 19.3 Å². The molecule has 0 bridgehead atoms. The molecule has 0 atom stereocenters. The quantitative estimate of drug-likeness (QED) is 0.175. The van der Waals surface area contributed by atoms with Crippen molar-refractivity contribution in [2.24, 2.45) is 0 Å². The van der Waals surface area contributed by atoms with E-state index in [4.69, 9.17) is 19.9 Å². The van der Waals surface area contributed by atoms with Crippen molar-refractivity contribution >= 4 is 0 Å². The van der Waals surface area contributed by atoms with Gasteiger partial charge < -0.3 is 0 Å². The molecule has 0 unspecified atom stereocenters. The molecule has 0 radical (unpaired) electrons. The van der Waals surface area contributed by atoms with Crippen LogP contribution in [0.3, 0.4) is 0 Å². The second-order valence-electron chi connectivity index (χ2n) is 13.9. The average Bonchev–Trinajstić information content (AvgIpc) is 3.46. The summed E-state index contributed by atoms with van der Waals surface area (Å²) in [6, 6.07) is 56.3. The van der Waals surface area contributed by atoms with Crippen molar-refractivity contribution < 1.29 is 0 Å². The lowest BCUT2D eigenvalue weighted by Crippen LogP contribution is -2.15. The Balaban J connectivity index is 1.22. The number of rotatable bonds is 6. The zero-order chi connectivity index (χ0) is 35.9. The van der Waals surface area contributed by atoms with Gasteiger partial charge in [0, 0.05) is 33.9 Å². The lowest BCUT2D eigenvalue weighted by Gasteiger charge is -2.22. The first kappa shape index (κ1) is 31.9. The van der Waals surface area contributed by atoms with Crippen molar-refractivity contribution in [1.82, 2.24) is 19.9 Å². The second kappa shape index (κ2) is 12.9. The van der Waals surface area contributed by atoms with Gasteiger partial charge in [-0.15, -0.1) is 0 Å². The molecule has 5 heteroatoms. The summed E-state index contributed by atoms with van der Waals surface area (Å²) in [4.78, 5) is 20.0. The largest absolute Gasteiger partial charge is 0.256 e. The molecular weight excluding hydrogens is 647 g/mol. The minimum atomic E-state index is -0.267. The number of nitrogens with zero attached hydrogens (tertiary/aromatic N) is 5. The first-order chi connectivity index (χ1) is 25.9. The van der Waals surface area contributed by atoms with Gasteiger partial charge >= 0.3 is 0 Å². The van der Waals surface area contributed by atoms with Crippen LogP contribution in [-0.4, -0.2) is 19.9 Å². The Morgan fingerprint density at radius 1 is 0.434 bits per heavy atom. The Bertz CT molecular complexity index is 2700. The van der Waals surface area contributed by atoms with Gasteiger partial charge in [-0.3, -0.25) is 4.98 Å². The summed E-state index contributed by atoms with van der Waals surface area (Å²) in [5.74, 6) is 1.79. The van der Waals surface area contributed by atoms with Crippen molar-refractivity contribution in [3.63, 3.8) is 0 Å². The van der Waals surface area contributed by atoms with E-state index in [-0.39, 0.29) is 5.41 Å². The summed E-state index contributed by atoms with van der Waals surface area (Å²) in [7, 11) is 0. The van der Waals surface area contributed by atoms with Crippen molar-refractivity contribution in [1.29, 1.82) is 5.26 Å². The molecule has 0 spiro atoms. The summed E-state index contributed by atoms with van der Waals surface area (Å²) in [5, 5.41) is 9.64. The van der Waals surface area contributed by atoms with E-state index in [2.05, 4.69) is 98.8 Å². The van der Waals surface area contributed by atoms with E-state index >= 15 is 0 Å². The summed E-state index contributed by atoms with van der Waals surface area (Å²) in [5.41, 5.74) is 14.1. The highest BCUT2D eigenvalue weighted by Gasteiger charge is 2.36. The van der Waals surface area contributed by atoms with E-state index in [1.165, 1.54) is 22.3 Å². The Labute approximate surface area is 309 Å². The monoisotopic (exact) mass is 679 g/mol. The molecule has 0 saturated heterocycles. The third-order valence-corrected chi connectivity index (χ3v) is 10.2. The maximum absolute atomic E-state index is 9.64. The molecule has 6 aromatic carbocycles. The number of pyridine rings is 1. The fourth-order valence-corrected chi connectivity index (χ4v) is 7.41. The molecule has 0 N–H and O–H groups in total. The normalized spacial score (nSPS) is 12.5. The van der Waals surface area contributed by atoms with E-state index < -0.39 is 0 Å². The molecule has 2 heterocycles. The van der Waals surface area contributed by atoms with Crippen LogP contribution in [-0.2, 0) is 5.41 Å². The predicted molar refractivity (Wildman–Crippen MR) is 213 cm³/mol. The summed E-state index contributed by atoms with van der Waals surface area (Å²) in [6.45, 7) is 4.48. The summed E-state index contributed by atoms with van der Waals surface area (Å²) in [6.07, 6.45) is 1.82. The van der Waals surface area contributed by atoms with Gasteiger partial charge in [-0.1, -0.05) is 117 Å². The summed E-state index contributed by atoms with van der Waals surface area (Å²) < 4.78 is 0. The molecule has 250 valence electrons. The Morgan fingerprint density at radius 3 is 1.70 bits per heavy atom. The average molecular weight is 680 g/mol. The van der Waals surface area contributed by atoms with Crippen LogP contribution in [0, 0.1) is 11.3 Å². The van der Waals surface area contributed by atoms with Crippen LogP contribution >= 0.6 is 0 Å². The van der Waals surface area contributed by atoms with Gasteiger partial charge in [-0.05, 0) is 99.1 Å². The van der Waals surface area contributed by atoms with E-state index in [1.54, 1.807) is 0 Å². The number of benzene rings is 6. The SMILES string of the molecule is CC1(C)c2cc(C#N)ccc2-c2ccc(-c3cc(-c4ccccn4)cc(-c4nc(-c5ccccc5)nc(-c5cccc(-c6ccccc6)c5)n4)c3)cc21. The van der Waals surface area contributed by atoms with Crippen molar-refractivity contribution in [3.8, 4) is 84.9 Å². The minimum Gasteiger partial charge on any atom is -0.256 e. The highest BCUT2D eigenvalue weighted by Crippen LogP contribution is 2.50. The Kier molecular flexibility index (Phi) is 7.79. The van der Waals surface area contributed by atoms with E-state index in [1.807, 2.05) is 85.1 Å². The third kappa shape index (κ3) is 5.87. The molecule has 0 amide bonds. The van der Waals surface area contributed by atoms with Crippen LogP contribution in [0.1, 0.15) is 30.5 Å². The van der Waals surface area contributed by atoms with Gasteiger partial charge in [0.2, 0.25) is 0 Å². The van der Waals surface area contributed by atoms with Crippen LogP contribution in [0.5, 0.6) is 0 Å². The number of fused-ring (bicyclic) bond motifs is 3. The van der Waals surface area contributed by atoms with Gasteiger partial charge in [0.05, 0.1) is 17.3 Å². The molecule has 5 nitrogen and oxygen atoms in total. The van der Waals surface area contributed by atoms with Gasteiger partial charge in [0.25, 0.3) is 0 Å². The highest BCUT2D eigenvalue weighted by molar-refractivity contribution is 5.86. The first-order valence-electron chi connectivity index (χ1n) is 17.7. The van der Waals surface area contributed by atoms with Crippen molar-refractivity contribution in [3.05, 3.63) is 181 Å². The lowest BCUT2D eigenvalue weighted by atomic mass is 9.81. The van der Waals surface area contributed by atoms with Crippen LogP contribution in [0.15, 0.2) is 164 Å². The summed E-state index contributed by atoms with van der Waals surface area (Å²) >= 11 is 0. The first-order valence-corrected chi connectivity index (χ1v) is 17.7. The van der Waals surface area contributed by atoms with Crippen LogP contribution < -0.4 is 0 Å². The molecule has 0 aliphatic heterocycles. The lowest BCUT2D eigenvalue weighted by molar-refractivity contribution is 0.660. The zero-order valence-electron chi connectivity index (χ0n) is 29.3. The molecule has 0 fully saturated rings. The molecular formula is C48H33N5. The van der Waals surface area contributed by atoms with Crippen LogP contribution in [0.2, 0.25) is 0 Å². The van der Waals surface area contributed by atoms with Gasteiger partial charge in [0.15, 0.2) is 17.5 Å². The Morgan fingerprint density at radius 2 is 0.981 bits per heavy atom. The predicted octanol–water partition coefficient (Wildman–Crippen LogP) is 11.4. The number of aromatic nitrogens is 4. The highest BCUT2D eigenvalue weighted by atomic mass is 15.0. The smallest absolute Gasteiger partial charge is 0.164 e. The molecule has 2 aromatic heterocycles. The minimum absolute atomic E-state index is 0.267. The number of hydrogen-bond donors (Lipinski definition) is 0. The van der Waals surface area contributed by atoms with E-state index in [0.717, 1.165) is 50.2 Å². The zero-order valence-corrected chi connectivity index (χ0v) is 29.3. The topological polar surface area (TPSA) is 75.3 Å². The molecule has 1 aliphatic carbocycles. The maximum atomic E-state index is 9.64. The van der Waals surface area contributed by atoms with Gasteiger partial charge in [-0.25, -0.2) is 15.0 Å². The number of hydrogen-bond acceptors (Lipinski definition) is 5. The maximum Gasteiger partial charge on any atom is 0.164 e. The van der Waals surface area contributed by atoms with E-state index in [9.17, 15) is 5.26 Å². The van der Waals surface area contributed by atoms with Gasteiger partial charge in [-0.2, -0.15) is 5.26 Å².